The van der Waals surface area contributed by atoms with Crippen LogP contribution in [0.15, 0.2) is 84.9 Å². The van der Waals surface area contributed by atoms with Gasteiger partial charge in [0.05, 0.1) is 6.61 Å². The van der Waals surface area contributed by atoms with Gasteiger partial charge in [0.25, 0.3) is 5.91 Å². The molecule has 1 aromatic heterocycles. The first-order valence-corrected chi connectivity index (χ1v) is 21.5. The fraction of sp³-hybridized carbons (Fsp3) is 0.362. The maximum atomic E-state index is 13.9. The molecule has 2 N–H and O–H groups in total. The third-order valence-corrected chi connectivity index (χ3v) is 13.9. The van der Waals surface area contributed by atoms with Gasteiger partial charge in [0.2, 0.25) is 11.8 Å². The van der Waals surface area contributed by atoms with Crippen LogP contribution in [0.25, 0.3) is 20.5 Å². The van der Waals surface area contributed by atoms with Gasteiger partial charge in [-0.05, 0) is 147 Å². The zero-order valence-corrected chi connectivity index (χ0v) is 33.6. The maximum absolute atomic E-state index is 13.9. The molecule has 0 radical (unpaired) electrons. The normalized spacial score (nSPS) is 19.6. The van der Waals surface area contributed by atoms with Crippen LogP contribution in [0.4, 0.5) is 4.39 Å². The molecule has 59 heavy (non-hydrogen) atoms. The molecule has 3 saturated heterocycles. The Morgan fingerprint density at radius 1 is 0.831 bits per heavy atom. The molecule has 12 heteroatoms. The second kappa shape index (κ2) is 16.7. The lowest BCUT2D eigenvalue weighted by atomic mass is 9.88. The topological polar surface area (TPSA) is 119 Å². The van der Waals surface area contributed by atoms with Crippen molar-refractivity contribution in [3.05, 3.63) is 119 Å². The number of nitrogens with one attached hydrogen (secondary N) is 1. The minimum atomic E-state index is -0.591. The number of carbonyl (C=O) groups excluding carboxylic acids is 4. The molecule has 5 heterocycles. The van der Waals surface area contributed by atoms with E-state index in [1.54, 1.807) is 47.4 Å². The predicted octanol–water partition coefficient (Wildman–Crippen LogP) is 7.38. The van der Waals surface area contributed by atoms with Crippen molar-refractivity contribution in [2.24, 2.45) is 5.92 Å². The summed E-state index contributed by atoms with van der Waals surface area (Å²) in [7, 11) is 0. The van der Waals surface area contributed by atoms with Gasteiger partial charge in [-0.25, -0.2) is 4.39 Å². The first-order valence-electron chi connectivity index (χ1n) is 20.7. The van der Waals surface area contributed by atoms with E-state index in [1.807, 2.05) is 18.2 Å². The number of rotatable bonds is 11. The lowest BCUT2D eigenvalue weighted by molar-refractivity contribution is -0.136. The van der Waals surface area contributed by atoms with Crippen LogP contribution in [0.2, 0.25) is 0 Å². The summed E-state index contributed by atoms with van der Waals surface area (Å²) in [5, 5.41) is 13.2. The number of piperidine rings is 3. The van der Waals surface area contributed by atoms with Gasteiger partial charge < -0.3 is 24.5 Å². The third kappa shape index (κ3) is 8.26. The Hall–Kier alpha value is -5.43. The number of phenolic OH excluding ortho intramolecular Hbond substituents is 1. The van der Waals surface area contributed by atoms with E-state index in [1.165, 1.54) is 29.0 Å². The van der Waals surface area contributed by atoms with Gasteiger partial charge in [0.15, 0.2) is 5.78 Å². The van der Waals surface area contributed by atoms with Crippen molar-refractivity contribution in [3.63, 3.8) is 0 Å². The van der Waals surface area contributed by atoms with Crippen LogP contribution < -0.4 is 10.1 Å². The number of benzene rings is 4. The SMILES string of the molecule is O=C1CCC(N2Cc3cc(C4CCN(CCN5CCC(COc6ccc(C(=O)c7c(-c8ccc(F)cc8)sc8cc(O)ccc78)cc6)CC5)CC4)ccc3C2=O)C(=O)N1. The Morgan fingerprint density at radius 3 is 2.25 bits per heavy atom. The summed E-state index contributed by atoms with van der Waals surface area (Å²) in [5.74, 6) is 0.514. The lowest BCUT2D eigenvalue weighted by Gasteiger charge is -2.36. The summed E-state index contributed by atoms with van der Waals surface area (Å²) in [6.07, 6.45) is 4.93. The summed E-state index contributed by atoms with van der Waals surface area (Å²) in [6.45, 7) is 7.32. The molecule has 1 unspecified atom stereocenters. The van der Waals surface area contributed by atoms with Gasteiger partial charge >= 0.3 is 0 Å². The minimum Gasteiger partial charge on any atom is -0.508 e. The van der Waals surface area contributed by atoms with Crippen molar-refractivity contribution < 1.29 is 33.4 Å². The van der Waals surface area contributed by atoms with E-state index in [4.69, 9.17) is 4.74 Å². The highest BCUT2D eigenvalue weighted by atomic mass is 32.1. The number of phenols is 1. The average molecular weight is 815 g/mol. The van der Waals surface area contributed by atoms with E-state index in [-0.39, 0.29) is 41.5 Å². The van der Waals surface area contributed by atoms with Crippen molar-refractivity contribution in [2.75, 3.05) is 45.9 Å². The molecule has 9 rings (SSSR count). The Kier molecular flexibility index (Phi) is 11.0. The molecular weight excluding hydrogens is 768 g/mol. The fourth-order valence-corrected chi connectivity index (χ4v) is 10.4. The average Bonchev–Trinajstić information content (AvgIpc) is 3.79. The number of carbonyl (C=O) groups is 4. The van der Waals surface area contributed by atoms with E-state index in [0.29, 0.717) is 48.1 Å². The molecule has 304 valence electrons. The van der Waals surface area contributed by atoms with E-state index >= 15 is 0 Å². The van der Waals surface area contributed by atoms with Gasteiger partial charge in [0, 0.05) is 57.7 Å². The molecule has 3 amide bonds. The first-order chi connectivity index (χ1) is 28.7. The molecule has 4 aromatic carbocycles. The molecule has 0 aliphatic carbocycles. The van der Waals surface area contributed by atoms with Gasteiger partial charge in [-0.2, -0.15) is 0 Å². The van der Waals surface area contributed by atoms with E-state index in [9.17, 15) is 28.7 Å². The van der Waals surface area contributed by atoms with Crippen molar-refractivity contribution in [1.82, 2.24) is 20.0 Å². The standard InChI is InChI=1S/C47H47FN4O6S/c48-35-6-1-32(2-7-35)45-43(39-12-8-36(53)26-41(39)59-45)44(55)31-3-9-37(10-4-31)58-28-29-15-19-50(20-16-29)23-24-51-21-17-30(18-22-51)33-5-11-38-34(25-33)27-52(47(38)57)40-13-14-42(54)49-46(40)56/h1-12,25-26,29-30,40,53H,13-24,27-28H2,(H,49,54,56). The van der Waals surface area contributed by atoms with Crippen LogP contribution in [0, 0.1) is 11.7 Å². The Morgan fingerprint density at radius 2 is 1.54 bits per heavy atom. The second-order valence-corrected chi connectivity index (χ2v) is 17.4. The van der Waals surface area contributed by atoms with Crippen molar-refractivity contribution in [1.29, 1.82) is 0 Å². The highest BCUT2D eigenvalue weighted by molar-refractivity contribution is 7.22. The number of likely N-dealkylation sites (tertiary alicyclic amines) is 2. The zero-order valence-electron chi connectivity index (χ0n) is 32.8. The number of halogens is 1. The number of amides is 3. The molecule has 3 fully saturated rings. The molecule has 4 aliphatic rings. The van der Waals surface area contributed by atoms with Gasteiger partial charge in [-0.1, -0.05) is 24.3 Å². The molecule has 5 aromatic rings. The van der Waals surface area contributed by atoms with E-state index in [0.717, 1.165) is 96.8 Å². The molecular formula is C47H47FN4O6S. The molecule has 10 nitrogen and oxygen atoms in total. The number of fused-ring (bicyclic) bond motifs is 2. The molecule has 0 spiro atoms. The lowest BCUT2D eigenvalue weighted by Crippen LogP contribution is -2.52. The molecule has 1 atom stereocenters. The summed E-state index contributed by atoms with van der Waals surface area (Å²) in [5.41, 5.74) is 4.73. The Bertz CT molecular complexity index is 2400. The number of aromatic hydroxyl groups is 1. The number of hydrogen-bond donors (Lipinski definition) is 2. The Balaban J connectivity index is 0.717. The summed E-state index contributed by atoms with van der Waals surface area (Å²) in [4.78, 5) is 58.6. The van der Waals surface area contributed by atoms with E-state index < -0.39 is 6.04 Å². The van der Waals surface area contributed by atoms with Gasteiger partial charge in [-0.3, -0.25) is 24.5 Å². The maximum Gasteiger partial charge on any atom is 0.255 e. The van der Waals surface area contributed by atoms with E-state index in [2.05, 4.69) is 27.2 Å². The van der Waals surface area contributed by atoms with Crippen LogP contribution in [0.5, 0.6) is 11.5 Å². The second-order valence-electron chi connectivity index (χ2n) is 16.4. The first kappa shape index (κ1) is 39.1. The minimum absolute atomic E-state index is 0.125. The highest BCUT2D eigenvalue weighted by Gasteiger charge is 2.39. The number of imide groups is 1. The number of thiophene rings is 1. The summed E-state index contributed by atoms with van der Waals surface area (Å²) in [6, 6.07) is 24.0. The van der Waals surface area contributed by atoms with Crippen LogP contribution in [-0.2, 0) is 16.1 Å². The molecule has 0 bridgehead atoms. The third-order valence-electron chi connectivity index (χ3n) is 12.7. The summed E-state index contributed by atoms with van der Waals surface area (Å²) < 4.78 is 20.7. The van der Waals surface area contributed by atoms with Gasteiger partial charge in [-0.15, -0.1) is 11.3 Å². The molecule has 0 saturated carbocycles. The number of hydrogen-bond acceptors (Lipinski definition) is 9. The Labute approximate surface area is 346 Å². The predicted molar refractivity (Wildman–Crippen MR) is 224 cm³/mol. The summed E-state index contributed by atoms with van der Waals surface area (Å²) >= 11 is 1.41. The fourth-order valence-electron chi connectivity index (χ4n) is 9.17. The number of ether oxygens (including phenoxy) is 1. The molecule has 4 aliphatic heterocycles. The van der Waals surface area contributed by atoms with Crippen molar-refractivity contribution in [2.45, 2.75) is 57.0 Å². The highest BCUT2D eigenvalue weighted by Crippen LogP contribution is 2.41. The van der Waals surface area contributed by atoms with Crippen LogP contribution in [0.1, 0.15) is 81.8 Å². The quantitative estimate of drug-likeness (QED) is 0.105. The monoisotopic (exact) mass is 814 g/mol. The van der Waals surface area contributed by atoms with Gasteiger partial charge in [0.1, 0.15) is 23.4 Å². The number of nitrogens with zero attached hydrogens (tertiary/aromatic N) is 3. The van der Waals surface area contributed by atoms with Crippen LogP contribution in [-0.4, -0.2) is 95.2 Å². The largest absolute Gasteiger partial charge is 0.508 e. The van der Waals surface area contributed by atoms with Crippen LogP contribution >= 0.6 is 11.3 Å². The zero-order chi connectivity index (χ0) is 40.6. The smallest absolute Gasteiger partial charge is 0.255 e. The van der Waals surface area contributed by atoms with Crippen LogP contribution in [0.3, 0.4) is 0 Å². The number of ketones is 1. The van der Waals surface area contributed by atoms with Crippen molar-refractivity contribution in [3.8, 4) is 21.9 Å². The van der Waals surface area contributed by atoms with Crippen molar-refractivity contribution >= 4 is 44.9 Å².